The lowest BCUT2D eigenvalue weighted by molar-refractivity contribution is -0.142. The largest absolute Gasteiger partial charge is 0.489 e. The zero-order valence-corrected chi connectivity index (χ0v) is 38.1. The number of benzene rings is 2. The average Bonchev–Trinajstić information content (AvgIpc) is 4.08. The normalized spacial score (nSPS) is 16.9. The first-order chi connectivity index (χ1) is 30.9. The fourth-order valence-electron chi connectivity index (χ4n) is 8.83. The number of carboxylic acid groups (broad SMARTS) is 1. The third-order valence-electron chi connectivity index (χ3n) is 11.9. The number of aliphatic imine (C=N–C) groups is 2. The summed E-state index contributed by atoms with van der Waals surface area (Å²) in [5.41, 5.74) is 8.57. The van der Waals surface area contributed by atoms with Crippen molar-refractivity contribution in [1.29, 1.82) is 0 Å². The van der Waals surface area contributed by atoms with Gasteiger partial charge in [-0.05, 0) is 124 Å². The van der Waals surface area contributed by atoms with Gasteiger partial charge in [-0.2, -0.15) is 0 Å². The standard InChI is InChI=1S/C25H29N5O3S.C22H22N4O3S/c1-14(2)33-20-9-17-12-26-11-16(17)8-19(20)29-23-22-18-5-4-15(25(32)30(3)6-7-31)10-21(18)34-24(22)28-13-27-23;1-11(2)29-17-6-14-9-23-8-13(14)5-16(17)26-20-19-15-4-3-12(22(27)28)7-18(15)30-21(19)25-10-24-20/h8-9,11,13-15,31H,4-7,10,12H2,1-3H3,(H,27,28,29);5-6,8,10-12H,3-4,7,9H2,1-2H3,(H,27,28)(H,24,25,26). The molecular formula is C47H51N9O6S2. The Balaban J connectivity index is 0.000000163. The molecular weight excluding hydrogens is 851 g/mol. The van der Waals surface area contributed by atoms with Gasteiger partial charge in [-0.3, -0.25) is 19.6 Å². The number of carboxylic acids is 1. The highest BCUT2D eigenvalue weighted by Crippen LogP contribution is 2.44. The molecule has 2 aliphatic heterocycles. The van der Waals surface area contributed by atoms with Crippen molar-refractivity contribution in [2.75, 3.05) is 30.8 Å². The molecule has 2 atom stereocenters. The highest BCUT2D eigenvalue weighted by Gasteiger charge is 2.32. The van der Waals surface area contributed by atoms with Gasteiger partial charge in [0.1, 0.15) is 45.5 Å². The Morgan fingerprint density at radius 1 is 0.750 bits per heavy atom. The molecule has 0 fully saturated rings. The number of rotatable bonds is 12. The molecule has 4 N–H and O–H groups in total. The summed E-state index contributed by atoms with van der Waals surface area (Å²) in [5.74, 6) is 2.03. The van der Waals surface area contributed by atoms with Gasteiger partial charge in [0.15, 0.2) is 0 Å². The summed E-state index contributed by atoms with van der Waals surface area (Å²) < 4.78 is 12.2. The molecule has 2 unspecified atom stereocenters. The first kappa shape index (κ1) is 43.2. The van der Waals surface area contributed by atoms with Crippen LogP contribution < -0.4 is 20.1 Å². The van der Waals surface area contributed by atoms with Gasteiger partial charge in [0.25, 0.3) is 0 Å². The van der Waals surface area contributed by atoms with E-state index in [9.17, 15) is 19.8 Å². The number of amides is 1. The molecule has 15 nitrogen and oxygen atoms in total. The average molecular weight is 902 g/mol. The number of fused-ring (bicyclic) bond motifs is 8. The molecule has 64 heavy (non-hydrogen) atoms. The summed E-state index contributed by atoms with van der Waals surface area (Å²) in [6.07, 6.45) is 11.2. The van der Waals surface area contributed by atoms with Crippen LogP contribution in [-0.4, -0.2) is 91.8 Å². The molecule has 0 radical (unpaired) electrons. The Hall–Kier alpha value is -6.04. The maximum atomic E-state index is 12.8. The molecule has 0 saturated heterocycles. The lowest BCUT2D eigenvalue weighted by Gasteiger charge is -2.26. The van der Waals surface area contributed by atoms with Gasteiger partial charge in [0.2, 0.25) is 5.91 Å². The number of hydrogen-bond donors (Lipinski definition) is 4. The number of anilines is 4. The fraction of sp³-hybridized carbons (Fsp3) is 0.404. The molecule has 0 saturated carbocycles. The number of thiophene rings is 2. The van der Waals surface area contributed by atoms with Crippen molar-refractivity contribution in [3.05, 3.63) is 80.1 Å². The molecule has 0 bridgehead atoms. The maximum Gasteiger partial charge on any atom is 0.306 e. The van der Waals surface area contributed by atoms with E-state index in [1.807, 2.05) is 46.2 Å². The number of carbonyl (C=O) groups excluding carboxylic acids is 1. The number of ether oxygens (including phenoxy) is 2. The Morgan fingerprint density at radius 3 is 1.70 bits per heavy atom. The van der Waals surface area contributed by atoms with Crippen LogP contribution in [0.2, 0.25) is 0 Å². The quantitative estimate of drug-likeness (QED) is 0.0924. The van der Waals surface area contributed by atoms with Crippen LogP contribution in [0.4, 0.5) is 23.0 Å². The summed E-state index contributed by atoms with van der Waals surface area (Å²) >= 11 is 3.22. The number of nitrogens with zero attached hydrogens (tertiary/aromatic N) is 7. The summed E-state index contributed by atoms with van der Waals surface area (Å²) in [4.78, 5) is 56.8. The van der Waals surface area contributed by atoms with Crippen LogP contribution in [0.3, 0.4) is 0 Å². The topological polar surface area (TPSA) is 197 Å². The third kappa shape index (κ3) is 8.75. The Morgan fingerprint density at radius 2 is 1.23 bits per heavy atom. The molecule has 6 heterocycles. The molecule has 332 valence electrons. The molecule has 1 amide bonds. The van der Waals surface area contributed by atoms with Crippen LogP contribution in [0.15, 0.2) is 46.9 Å². The molecule has 10 rings (SSSR count). The summed E-state index contributed by atoms with van der Waals surface area (Å²) in [6.45, 7) is 9.72. The first-order valence-corrected chi connectivity index (χ1v) is 23.4. The molecule has 2 aliphatic carbocycles. The molecule has 2 aromatic carbocycles. The van der Waals surface area contributed by atoms with Gasteiger partial charge in [0.05, 0.1) is 60.0 Å². The second-order valence-electron chi connectivity index (χ2n) is 17.1. The number of nitrogens with one attached hydrogen (secondary N) is 2. The Kier molecular flexibility index (Phi) is 12.3. The number of carbonyl (C=O) groups is 2. The Bertz CT molecular complexity index is 2830. The lowest BCUT2D eigenvalue weighted by Crippen LogP contribution is -2.37. The van der Waals surface area contributed by atoms with Crippen LogP contribution in [0.5, 0.6) is 11.5 Å². The van der Waals surface area contributed by atoms with Gasteiger partial charge in [0, 0.05) is 41.7 Å². The fourth-order valence-corrected chi connectivity index (χ4v) is 11.4. The predicted molar refractivity (Wildman–Crippen MR) is 252 cm³/mol. The van der Waals surface area contributed by atoms with Gasteiger partial charge < -0.3 is 35.2 Å². The number of hydrogen-bond acceptors (Lipinski definition) is 15. The Labute approximate surface area is 378 Å². The zero-order chi connectivity index (χ0) is 44.6. The monoisotopic (exact) mass is 901 g/mol. The smallest absolute Gasteiger partial charge is 0.306 e. The third-order valence-corrected chi connectivity index (χ3v) is 14.2. The SMILES string of the molecule is CC(C)Oc1cc2c(cc1Nc1ncnc3sc4c(c13)CCC(C(=O)N(C)CCO)C4)C=NC2.CC(C)Oc1cc2c(cc1Nc1ncnc3sc4c(c13)CCC(C(=O)O)C4)C=NC2. The summed E-state index contributed by atoms with van der Waals surface area (Å²) in [5, 5.41) is 27.6. The van der Waals surface area contributed by atoms with E-state index in [4.69, 9.17) is 9.47 Å². The van der Waals surface area contributed by atoms with E-state index in [1.165, 1.54) is 16.0 Å². The summed E-state index contributed by atoms with van der Waals surface area (Å²) in [6, 6.07) is 8.23. The number of aliphatic hydroxyl groups is 1. The van der Waals surface area contributed by atoms with E-state index in [0.717, 1.165) is 101 Å². The number of aliphatic carboxylic acids is 1. The second-order valence-corrected chi connectivity index (χ2v) is 19.3. The number of likely N-dealkylation sites (N-methyl/N-ethyl adjacent to an activating group) is 1. The van der Waals surface area contributed by atoms with Crippen molar-refractivity contribution in [2.24, 2.45) is 21.8 Å². The van der Waals surface area contributed by atoms with Crippen LogP contribution >= 0.6 is 22.7 Å². The minimum Gasteiger partial charge on any atom is -0.489 e. The van der Waals surface area contributed by atoms with Crippen molar-refractivity contribution in [1.82, 2.24) is 24.8 Å². The van der Waals surface area contributed by atoms with E-state index >= 15 is 0 Å². The van der Waals surface area contributed by atoms with Crippen LogP contribution in [-0.2, 0) is 48.4 Å². The van der Waals surface area contributed by atoms with Crippen molar-refractivity contribution in [3.8, 4) is 11.5 Å². The molecule has 4 aliphatic rings. The zero-order valence-electron chi connectivity index (χ0n) is 36.5. The van der Waals surface area contributed by atoms with E-state index in [0.29, 0.717) is 38.9 Å². The van der Waals surface area contributed by atoms with E-state index in [-0.39, 0.29) is 36.6 Å². The number of aryl methyl sites for hydroxylation is 2. The van der Waals surface area contributed by atoms with Crippen molar-refractivity contribution in [3.63, 3.8) is 0 Å². The summed E-state index contributed by atoms with van der Waals surface area (Å²) in [7, 11) is 1.75. The highest BCUT2D eigenvalue weighted by molar-refractivity contribution is 7.19. The number of aromatic nitrogens is 4. The molecule has 6 aromatic rings. The predicted octanol–water partition coefficient (Wildman–Crippen LogP) is 8.05. The molecule has 4 aromatic heterocycles. The van der Waals surface area contributed by atoms with Crippen molar-refractivity contribution < 1.29 is 29.3 Å². The number of aliphatic hydroxyl groups excluding tert-OH is 1. The molecule has 0 spiro atoms. The second kappa shape index (κ2) is 18.2. The van der Waals surface area contributed by atoms with Gasteiger partial charge in [-0.25, -0.2) is 19.9 Å². The molecule has 17 heteroatoms. The van der Waals surface area contributed by atoms with Crippen LogP contribution in [0.1, 0.15) is 83.7 Å². The van der Waals surface area contributed by atoms with E-state index in [1.54, 1.807) is 47.3 Å². The lowest BCUT2D eigenvalue weighted by atomic mass is 9.87. The minimum atomic E-state index is -0.724. The van der Waals surface area contributed by atoms with Crippen LogP contribution in [0, 0.1) is 11.8 Å². The van der Waals surface area contributed by atoms with Crippen molar-refractivity contribution >= 4 is 90.4 Å². The first-order valence-electron chi connectivity index (χ1n) is 21.7. The van der Waals surface area contributed by atoms with Gasteiger partial charge in [-0.1, -0.05) is 0 Å². The van der Waals surface area contributed by atoms with Gasteiger partial charge in [-0.15, -0.1) is 22.7 Å². The van der Waals surface area contributed by atoms with E-state index in [2.05, 4.69) is 58.8 Å². The minimum absolute atomic E-state index is 0.0230. The van der Waals surface area contributed by atoms with Gasteiger partial charge >= 0.3 is 5.97 Å². The van der Waals surface area contributed by atoms with Crippen LogP contribution in [0.25, 0.3) is 20.4 Å². The highest BCUT2D eigenvalue weighted by atomic mass is 32.1. The van der Waals surface area contributed by atoms with E-state index < -0.39 is 5.97 Å². The maximum absolute atomic E-state index is 12.8. The van der Waals surface area contributed by atoms with Crippen molar-refractivity contribution in [2.45, 2.75) is 91.5 Å².